The van der Waals surface area contributed by atoms with Crippen molar-refractivity contribution in [3.8, 4) is 0 Å². The summed E-state index contributed by atoms with van der Waals surface area (Å²) >= 11 is 0.925. The second-order valence-electron chi connectivity index (χ2n) is 5.90. The fraction of sp³-hybridized carbons (Fsp3) is 0.375. The van der Waals surface area contributed by atoms with Gasteiger partial charge in [-0.1, -0.05) is 24.0 Å². The van der Waals surface area contributed by atoms with Gasteiger partial charge < -0.3 is 16.4 Å². The molecule has 2 rings (SSSR count). The topological polar surface area (TPSA) is 127 Å². The van der Waals surface area contributed by atoms with Crippen molar-refractivity contribution < 1.29 is 22.8 Å². The largest absolute Gasteiger partial charge is 0.448 e. The van der Waals surface area contributed by atoms with Gasteiger partial charge in [-0.25, -0.2) is 14.8 Å². The number of hydrogen-bond acceptors (Lipinski definition) is 5. The van der Waals surface area contributed by atoms with Crippen LogP contribution in [0, 0.1) is 6.92 Å². The molecule has 0 unspecified atom stereocenters. The summed E-state index contributed by atoms with van der Waals surface area (Å²) in [4.78, 5) is 33.0. The van der Waals surface area contributed by atoms with Crippen LogP contribution in [0.25, 0.3) is 5.70 Å². The Labute approximate surface area is 162 Å². The number of thiazole rings is 1. The Morgan fingerprint density at radius 1 is 1.43 bits per heavy atom. The van der Waals surface area contributed by atoms with Crippen molar-refractivity contribution in [2.45, 2.75) is 32.0 Å². The molecule has 1 fully saturated rings. The van der Waals surface area contributed by atoms with Crippen molar-refractivity contribution in [3.63, 3.8) is 0 Å². The minimum Gasteiger partial charge on any atom is -0.380 e. The molecule has 5 N–H and O–H groups in total. The van der Waals surface area contributed by atoms with Crippen molar-refractivity contribution in [3.05, 3.63) is 29.3 Å². The van der Waals surface area contributed by atoms with Crippen LogP contribution in [0.4, 0.5) is 23.1 Å². The maximum absolute atomic E-state index is 12.7. The monoisotopic (exact) mass is 416 g/mol. The van der Waals surface area contributed by atoms with Gasteiger partial charge in [-0.05, 0) is 25.8 Å². The van der Waals surface area contributed by atoms with Gasteiger partial charge in [0.1, 0.15) is 6.04 Å². The second kappa shape index (κ2) is 8.42. The molecule has 8 nitrogen and oxygen atoms in total. The Balaban J connectivity index is 2.26. The van der Waals surface area contributed by atoms with E-state index in [1.54, 1.807) is 6.92 Å². The van der Waals surface area contributed by atoms with Gasteiger partial charge in [-0.3, -0.25) is 10.1 Å². The van der Waals surface area contributed by atoms with Crippen LogP contribution in [0.15, 0.2) is 23.7 Å². The van der Waals surface area contributed by atoms with Gasteiger partial charge in [0.05, 0.1) is 16.3 Å². The highest BCUT2D eigenvalue weighted by Gasteiger charge is 2.35. The molecule has 1 aromatic rings. The number of carbonyl (C=O) groups excluding carboxylic acids is 2. The number of alkyl halides is 3. The summed E-state index contributed by atoms with van der Waals surface area (Å²) in [5.74, 6) is -2.11. The summed E-state index contributed by atoms with van der Waals surface area (Å²) < 4.78 is 38.1. The number of aliphatic imine (C=N–C) groups is 1. The summed E-state index contributed by atoms with van der Waals surface area (Å²) in [6, 6.07) is -1.26. The molecule has 3 amide bonds. The fourth-order valence-corrected chi connectivity index (χ4v) is 3.55. The molecule has 152 valence electrons. The number of nitrogens with two attached hydrogens (primary N) is 2. The number of aryl methyl sites for hydroxylation is 1. The summed E-state index contributed by atoms with van der Waals surface area (Å²) in [5.41, 5.74) is 10.6. The minimum atomic E-state index is -4.78. The molecule has 0 radical (unpaired) electrons. The van der Waals surface area contributed by atoms with Crippen LogP contribution in [0.1, 0.15) is 23.4 Å². The Bertz CT molecular complexity index is 846. The molecule has 12 heteroatoms. The van der Waals surface area contributed by atoms with Crippen molar-refractivity contribution in [1.82, 2.24) is 9.88 Å². The van der Waals surface area contributed by atoms with E-state index in [1.165, 1.54) is 17.1 Å². The van der Waals surface area contributed by atoms with E-state index < -0.39 is 30.0 Å². The van der Waals surface area contributed by atoms with Gasteiger partial charge in [0, 0.05) is 6.54 Å². The third-order valence-corrected chi connectivity index (χ3v) is 4.99. The van der Waals surface area contributed by atoms with E-state index in [9.17, 15) is 22.8 Å². The minimum absolute atomic E-state index is 0.0866. The lowest BCUT2D eigenvalue weighted by Gasteiger charge is -2.21. The summed E-state index contributed by atoms with van der Waals surface area (Å²) in [6.45, 7) is 5.37. The Morgan fingerprint density at radius 2 is 2.11 bits per heavy atom. The number of urea groups is 1. The number of anilines is 1. The number of carbonyl (C=O) groups is 2. The van der Waals surface area contributed by atoms with Crippen LogP contribution in [0.5, 0.6) is 0 Å². The van der Waals surface area contributed by atoms with Gasteiger partial charge in [-0.15, -0.1) is 0 Å². The van der Waals surface area contributed by atoms with Crippen molar-refractivity contribution >= 4 is 39.9 Å². The molecule has 0 aliphatic carbocycles. The van der Waals surface area contributed by atoms with Crippen molar-refractivity contribution in [2.75, 3.05) is 11.9 Å². The smallest absolute Gasteiger partial charge is 0.380 e. The molecular weight excluding hydrogens is 397 g/mol. The van der Waals surface area contributed by atoms with Gasteiger partial charge in [-0.2, -0.15) is 13.2 Å². The number of hydrogen-bond donors (Lipinski definition) is 3. The van der Waals surface area contributed by atoms with E-state index in [1.807, 2.05) is 0 Å². The van der Waals surface area contributed by atoms with Gasteiger partial charge >= 0.3 is 12.2 Å². The first-order valence-corrected chi connectivity index (χ1v) is 8.95. The molecule has 1 aliphatic heterocycles. The first kappa shape index (κ1) is 21.4. The number of amides is 3. The molecule has 1 saturated heterocycles. The number of rotatable bonds is 5. The zero-order valence-electron chi connectivity index (χ0n) is 14.9. The van der Waals surface area contributed by atoms with E-state index in [0.717, 1.165) is 11.3 Å². The van der Waals surface area contributed by atoms with Crippen LogP contribution in [0.2, 0.25) is 0 Å². The van der Waals surface area contributed by atoms with E-state index in [2.05, 4.69) is 21.9 Å². The number of halogens is 3. The molecule has 2 heterocycles. The van der Waals surface area contributed by atoms with Crippen LogP contribution in [-0.4, -0.2) is 46.4 Å². The number of aromatic nitrogens is 1. The number of primary amides is 1. The molecule has 0 aromatic carbocycles. The molecule has 1 atom stereocenters. The Morgan fingerprint density at radius 3 is 2.68 bits per heavy atom. The lowest BCUT2D eigenvalue weighted by Crippen LogP contribution is -2.45. The average Bonchev–Trinajstić information content (AvgIpc) is 3.20. The summed E-state index contributed by atoms with van der Waals surface area (Å²) in [7, 11) is 0. The SMILES string of the molecule is C=C/C=C(\N=C(N)C(F)(F)F)c1sc(NC(=O)N2CCC[C@H]2C(N)=O)nc1C. The molecule has 0 spiro atoms. The third kappa shape index (κ3) is 4.88. The van der Waals surface area contributed by atoms with Crippen molar-refractivity contribution in [1.29, 1.82) is 0 Å². The molecule has 28 heavy (non-hydrogen) atoms. The molecular formula is C16H19F3N6O2S. The Hall–Kier alpha value is -2.89. The second-order valence-corrected chi connectivity index (χ2v) is 6.90. The van der Waals surface area contributed by atoms with Gasteiger partial charge in [0.15, 0.2) is 5.13 Å². The summed E-state index contributed by atoms with van der Waals surface area (Å²) in [5, 5.41) is 2.68. The zero-order chi connectivity index (χ0) is 21.1. The first-order chi connectivity index (χ1) is 13.0. The van der Waals surface area contributed by atoms with Crippen LogP contribution < -0.4 is 16.8 Å². The van der Waals surface area contributed by atoms with Crippen LogP contribution in [-0.2, 0) is 4.79 Å². The molecule has 1 aromatic heterocycles. The number of allylic oxidation sites excluding steroid dienone is 2. The highest BCUT2D eigenvalue weighted by atomic mass is 32.1. The van der Waals surface area contributed by atoms with E-state index in [-0.39, 0.29) is 15.7 Å². The number of amidine groups is 1. The highest BCUT2D eigenvalue weighted by Crippen LogP contribution is 2.31. The van der Waals surface area contributed by atoms with E-state index in [4.69, 9.17) is 11.5 Å². The van der Waals surface area contributed by atoms with Crippen LogP contribution >= 0.6 is 11.3 Å². The lowest BCUT2D eigenvalue weighted by atomic mass is 10.2. The van der Waals surface area contributed by atoms with Gasteiger partial charge in [0.25, 0.3) is 0 Å². The third-order valence-electron chi connectivity index (χ3n) is 3.89. The quantitative estimate of drug-likeness (QED) is 0.387. The predicted molar refractivity (Wildman–Crippen MR) is 101 cm³/mol. The fourth-order valence-electron chi connectivity index (χ4n) is 2.62. The highest BCUT2D eigenvalue weighted by molar-refractivity contribution is 7.17. The standard InChI is InChI=1S/C16H19F3N6O2S/c1-3-5-9(23-13(21)16(17,18)19)11-8(2)22-14(28-11)24-15(27)25-7-4-6-10(25)12(20)26/h3,5,10H,1,4,6-7H2,2H3,(H2,20,26)(H2,21,23)(H,22,24,27)/b9-5-/t10-/m0/s1. The van der Waals surface area contributed by atoms with E-state index in [0.29, 0.717) is 25.1 Å². The van der Waals surface area contributed by atoms with Gasteiger partial charge in [0.2, 0.25) is 11.7 Å². The van der Waals surface area contributed by atoms with Crippen LogP contribution in [0.3, 0.4) is 0 Å². The average molecular weight is 416 g/mol. The summed E-state index contributed by atoms with van der Waals surface area (Å²) in [6.07, 6.45) is -1.14. The molecule has 1 aliphatic rings. The number of nitrogens with zero attached hydrogens (tertiary/aromatic N) is 3. The van der Waals surface area contributed by atoms with Crippen molar-refractivity contribution in [2.24, 2.45) is 16.5 Å². The molecule has 0 saturated carbocycles. The lowest BCUT2D eigenvalue weighted by molar-refractivity contribution is -0.121. The van der Waals surface area contributed by atoms with E-state index >= 15 is 0 Å². The number of likely N-dealkylation sites (tertiary alicyclic amines) is 1. The molecule has 0 bridgehead atoms. The maximum Gasteiger partial charge on any atom is 0.448 e. The maximum atomic E-state index is 12.7. The normalized spacial score (nSPS) is 18.3. The Kier molecular flexibility index (Phi) is 6.44. The first-order valence-electron chi connectivity index (χ1n) is 8.13. The number of nitrogens with one attached hydrogen (secondary N) is 1. The zero-order valence-corrected chi connectivity index (χ0v) is 15.7. The predicted octanol–water partition coefficient (Wildman–Crippen LogP) is 2.38.